The number of halogens is 1. The van der Waals surface area contributed by atoms with Gasteiger partial charge in [0.1, 0.15) is 5.82 Å². The van der Waals surface area contributed by atoms with Crippen molar-refractivity contribution in [1.29, 1.82) is 0 Å². The average Bonchev–Trinajstić information content (AvgIpc) is 2.83. The summed E-state index contributed by atoms with van der Waals surface area (Å²) in [5.74, 6) is -0.797. The van der Waals surface area contributed by atoms with Crippen LogP contribution in [-0.2, 0) is 16.1 Å². The highest BCUT2D eigenvalue weighted by Crippen LogP contribution is 2.23. The second kappa shape index (κ2) is 11.0. The van der Waals surface area contributed by atoms with Gasteiger partial charge in [-0.25, -0.2) is 9.18 Å². The Morgan fingerprint density at radius 1 is 0.906 bits per heavy atom. The number of nitrogens with zero attached hydrogens (tertiary/aromatic N) is 1. The highest BCUT2D eigenvalue weighted by Gasteiger charge is 2.18. The van der Waals surface area contributed by atoms with Gasteiger partial charge in [-0.2, -0.15) is 0 Å². The predicted molar refractivity (Wildman–Crippen MR) is 125 cm³/mol. The lowest BCUT2D eigenvalue weighted by molar-refractivity contribution is -0.138. The minimum atomic E-state index is -0.323. The van der Waals surface area contributed by atoms with Crippen LogP contribution in [0.4, 0.5) is 10.1 Å². The summed E-state index contributed by atoms with van der Waals surface area (Å²) in [4.78, 5) is 27.0. The topological polar surface area (TPSA) is 46.6 Å². The van der Waals surface area contributed by atoms with Crippen LogP contribution in [-0.4, -0.2) is 18.5 Å². The monoisotopic (exact) mass is 431 g/mol. The summed E-state index contributed by atoms with van der Waals surface area (Å²) in [5.41, 5.74) is 3.51. The molecule has 3 aromatic rings. The molecular formula is C27H26FNO3. The van der Waals surface area contributed by atoms with E-state index in [9.17, 15) is 14.0 Å². The Kier molecular flexibility index (Phi) is 7.92. The molecule has 0 atom stereocenters. The van der Waals surface area contributed by atoms with Crippen molar-refractivity contribution in [2.45, 2.75) is 26.8 Å². The third-order valence-corrected chi connectivity index (χ3v) is 4.98. The number of benzene rings is 3. The zero-order chi connectivity index (χ0) is 22.9. The maximum Gasteiger partial charge on any atom is 0.333 e. The number of hydrogen-bond donors (Lipinski definition) is 0. The van der Waals surface area contributed by atoms with E-state index in [1.807, 2.05) is 49.4 Å². The smallest absolute Gasteiger partial charge is 0.333 e. The van der Waals surface area contributed by atoms with Crippen LogP contribution in [0, 0.1) is 5.82 Å². The van der Waals surface area contributed by atoms with Crippen LogP contribution in [0.15, 0.2) is 84.4 Å². The molecule has 0 aliphatic heterocycles. The first kappa shape index (κ1) is 22.9. The van der Waals surface area contributed by atoms with E-state index < -0.39 is 0 Å². The molecule has 0 bridgehead atoms. The summed E-state index contributed by atoms with van der Waals surface area (Å²) in [5, 5.41) is 0. The highest BCUT2D eigenvalue weighted by atomic mass is 19.1. The average molecular weight is 432 g/mol. The summed E-state index contributed by atoms with van der Waals surface area (Å²) >= 11 is 0. The molecule has 0 heterocycles. The van der Waals surface area contributed by atoms with Crippen LogP contribution < -0.4 is 4.90 Å². The van der Waals surface area contributed by atoms with Crippen molar-refractivity contribution in [3.8, 4) is 0 Å². The van der Waals surface area contributed by atoms with Gasteiger partial charge in [-0.1, -0.05) is 49.4 Å². The molecule has 0 N–H and O–H groups in total. The summed E-state index contributed by atoms with van der Waals surface area (Å²) in [6.45, 7) is 4.31. The third kappa shape index (κ3) is 5.91. The number of esters is 1. The first-order valence-corrected chi connectivity index (χ1v) is 10.6. The lowest BCUT2D eigenvalue weighted by Crippen LogP contribution is -2.30. The van der Waals surface area contributed by atoms with Crippen LogP contribution in [0.2, 0.25) is 0 Å². The lowest BCUT2D eigenvalue weighted by Gasteiger charge is -2.23. The first-order chi connectivity index (χ1) is 15.5. The second-order valence-electron chi connectivity index (χ2n) is 7.22. The van der Waals surface area contributed by atoms with Crippen molar-refractivity contribution in [3.63, 3.8) is 0 Å². The molecule has 3 aromatic carbocycles. The van der Waals surface area contributed by atoms with Gasteiger partial charge in [0.15, 0.2) is 0 Å². The van der Waals surface area contributed by atoms with Gasteiger partial charge in [0.2, 0.25) is 0 Å². The summed E-state index contributed by atoms with van der Waals surface area (Å²) in [6, 6.07) is 22.5. The van der Waals surface area contributed by atoms with Crippen LogP contribution >= 0.6 is 0 Å². The molecule has 5 heteroatoms. The maximum absolute atomic E-state index is 13.3. The predicted octanol–water partition coefficient (Wildman–Crippen LogP) is 6.03. The van der Waals surface area contributed by atoms with Gasteiger partial charge < -0.3 is 9.64 Å². The molecule has 164 valence electrons. The van der Waals surface area contributed by atoms with Crippen molar-refractivity contribution >= 4 is 23.6 Å². The third-order valence-electron chi connectivity index (χ3n) is 4.98. The Morgan fingerprint density at radius 2 is 1.56 bits per heavy atom. The molecule has 4 nitrogen and oxygen atoms in total. The van der Waals surface area contributed by atoms with Crippen molar-refractivity contribution in [2.24, 2.45) is 0 Å². The number of ether oxygens (including phenoxy) is 1. The Bertz CT molecular complexity index is 1070. The molecule has 0 fully saturated rings. The lowest BCUT2D eigenvalue weighted by atomic mass is 10.1. The number of amides is 1. The zero-order valence-corrected chi connectivity index (χ0v) is 18.3. The first-order valence-electron chi connectivity index (χ1n) is 10.6. The molecule has 1 amide bonds. The van der Waals surface area contributed by atoms with E-state index in [0.29, 0.717) is 36.4 Å². The number of anilines is 1. The van der Waals surface area contributed by atoms with E-state index in [2.05, 4.69) is 0 Å². The number of carbonyl (C=O) groups excluding carboxylic acids is 2. The molecule has 0 aromatic heterocycles. The minimum Gasteiger partial charge on any atom is -0.463 e. The fourth-order valence-electron chi connectivity index (χ4n) is 3.27. The molecule has 3 rings (SSSR count). The van der Waals surface area contributed by atoms with Gasteiger partial charge in [0.25, 0.3) is 5.91 Å². The van der Waals surface area contributed by atoms with Gasteiger partial charge in [-0.05, 0) is 66.9 Å². The summed E-state index contributed by atoms with van der Waals surface area (Å²) in [6.07, 6.45) is 2.36. The van der Waals surface area contributed by atoms with Crippen LogP contribution in [0.3, 0.4) is 0 Å². The fourth-order valence-corrected chi connectivity index (χ4v) is 3.27. The van der Waals surface area contributed by atoms with Crippen molar-refractivity contribution in [2.75, 3.05) is 11.5 Å². The second-order valence-corrected chi connectivity index (χ2v) is 7.22. The Hall–Kier alpha value is -3.73. The summed E-state index contributed by atoms with van der Waals surface area (Å²) in [7, 11) is 0. The minimum absolute atomic E-state index is 0.154. The normalized spacial score (nSPS) is 11.2. The van der Waals surface area contributed by atoms with Crippen molar-refractivity contribution < 1.29 is 18.7 Å². The van der Waals surface area contributed by atoms with E-state index >= 15 is 0 Å². The Morgan fingerprint density at radius 3 is 2.16 bits per heavy atom. The van der Waals surface area contributed by atoms with E-state index in [1.165, 1.54) is 12.1 Å². The molecule has 0 aliphatic carbocycles. The van der Waals surface area contributed by atoms with Gasteiger partial charge in [-0.15, -0.1) is 0 Å². The number of rotatable bonds is 8. The molecule has 32 heavy (non-hydrogen) atoms. The Balaban J connectivity index is 1.91. The number of carbonyl (C=O) groups is 2. The van der Waals surface area contributed by atoms with E-state index in [1.54, 1.807) is 42.2 Å². The van der Waals surface area contributed by atoms with Crippen LogP contribution in [0.1, 0.15) is 41.8 Å². The van der Waals surface area contributed by atoms with Gasteiger partial charge in [-0.3, -0.25) is 4.79 Å². The standard InChI is InChI=1S/C27H26FNO3/c1-3-22(27(31)32-4-2)18-20-12-16-25(17-13-20)29(19-21-10-14-24(28)15-11-21)26(30)23-8-6-5-7-9-23/h5-18H,3-4,19H2,1-2H3/b22-18+. The maximum atomic E-state index is 13.3. The largest absolute Gasteiger partial charge is 0.463 e. The van der Waals surface area contributed by atoms with Gasteiger partial charge >= 0.3 is 5.97 Å². The molecule has 0 radical (unpaired) electrons. The Labute approximate surface area is 188 Å². The fraction of sp³-hybridized carbons (Fsp3) is 0.185. The molecule has 0 aliphatic rings. The van der Waals surface area contributed by atoms with E-state index in [0.717, 1.165) is 11.1 Å². The van der Waals surface area contributed by atoms with Crippen LogP contribution in [0.25, 0.3) is 6.08 Å². The van der Waals surface area contributed by atoms with Crippen LogP contribution in [0.5, 0.6) is 0 Å². The molecular weight excluding hydrogens is 405 g/mol. The van der Waals surface area contributed by atoms with Crippen molar-refractivity contribution in [1.82, 2.24) is 0 Å². The highest BCUT2D eigenvalue weighted by molar-refractivity contribution is 6.06. The van der Waals surface area contributed by atoms with E-state index in [-0.39, 0.29) is 17.7 Å². The quantitative estimate of drug-likeness (QED) is 0.323. The van der Waals surface area contributed by atoms with E-state index in [4.69, 9.17) is 4.74 Å². The SMILES string of the molecule is CCOC(=O)/C(=C/c1ccc(N(Cc2ccc(F)cc2)C(=O)c2ccccc2)cc1)CC. The molecule has 0 saturated heterocycles. The van der Waals surface area contributed by atoms with Gasteiger partial charge in [0, 0.05) is 16.8 Å². The summed E-state index contributed by atoms with van der Waals surface area (Å²) < 4.78 is 18.4. The van der Waals surface area contributed by atoms with Gasteiger partial charge in [0.05, 0.1) is 13.2 Å². The number of hydrogen-bond acceptors (Lipinski definition) is 3. The molecule has 0 saturated carbocycles. The zero-order valence-electron chi connectivity index (χ0n) is 18.3. The molecule has 0 spiro atoms. The molecule has 0 unspecified atom stereocenters. The van der Waals surface area contributed by atoms with Crippen molar-refractivity contribution in [3.05, 3.63) is 107 Å².